The van der Waals surface area contributed by atoms with E-state index in [1.165, 1.54) is 23.4 Å². The van der Waals surface area contributed by atoms with Crippen molar-refractivity contribution >= 4 is 0 Å². The Morgan fingerprint density at radius 2 is 2.10 bits per heavy atom. The first kappa shape index (κ1) is 14.3. The molecule has 2 N–H and O–H groups in total. The van der Waals surface area contributed by atoms with E-state index in [1.807, 2.05) is 0 Å². The molecule has 1 aliphatic carbocycles. The van der Waals surface area contributed by atoms with Crippen molar-refractivity contribution in [2.45, 2.75) is 45.6 Å². The lowest BCUT2D eigenvalue weighted by atomic mass is 9.85. The SMILES string of the molecule is CC(C)CNCc1nc2c([nH]1)CC(c1ccccc1)CC2. The number of hydrogen-bond donors (Lipinski definition) is 2. The summed E-state index contributed by atoms with van der Waals surface area (Å²) in [5, 5.41) is 3.46. The Bertz CT molecular complexity index is 571. The van der Waals surface area contributed by atoms with Gasteiger partial charge in [-0.3, -0.25) is 0 Å². The fourth-order valence-electron chi connectivity index (χ4n) is 3.11. The Labute approximate surface area is 127 Å². The molecule has 112 valence electrons. The van der Waals surface area contributed by atoms with Crippen LogP contribution in [0.2, 0.25) is 0 Å². The smallest absolute Gasteiger partial charge is 0.120 e. The molecule has 0 spiro atoms. The molecule has 0 fully saturated rings. The lowest BCUT2D eigenvalue weighted by Gasteiger charge is -2.21. The zero-order chi connectivity index (χ0) is 14.7. The van der Waals surface area contributed by atoms with Gasteiger partial charge in [-0.15, -0.1) is 0 Å². The first-order valence-corrected chi connectivity index (χ1v) is 8.04. The number of benzene rings is 1. The van der Waals surface area contributed by atoms with Gasteiger partial charge in [-0.1, -0.05) is 44.2 Å². The number of H-pyrrole nitrogens is 1. The van der Waals surface area contributed by atoms with Crippen LogP contribution in [0, 0.1) is 5.92 Å². The third-order valence-electron chi connectivity index (χ3n) is 4.21. The van der Waals surface area contributed by atoms with Crippen LogP contribution in [0.4, 0.5) is 0 Å². The van der Waals surface area contributed by atoms with Gasteiger partial charge in [-0.05, 0) is 43.2 Å². The van der Waals surface area contributed by atoms with Crippen molar-refractivity contribution in [1.29, 1.82) is 0 Å². The fourth-order valence-corrected chi connectivity index (χ4v) is 3.11. The molecule has 3 heteroatoms. The predicted molar refractivity (Wildman–Crippen MR) is 86.3 cm³/mol. The van der Waals surface area contributed by atoms with Crippen molar-refractivity contribution in [3.05, 3.63) is 53.1 Å². The zero-order valence-electron chi connectivity index (χ0n) is 13.0. The van der Waals surface area contributed by atoms with E-state index in [2.05, 4.69) is 54.5 Å². The van der Waals surface area contributed by atoms with E-state index in [0.29, 0.717) is 11.8 Å². The lowest BCUT2D eigenvalue weighted by molar-refractivity contribution is 0.544. The van der Waals surface area contributed by atoms with E-state index in [-0.39, 0.29) is 0 Å². The van der Waals surface area contributed by atoms with Crippen LogP contribution in [0.1, 0.15) is 49.0 Å². The second kappa shape index (κ2) is 6.44. The highest BCUT2D eigenvalue weighted by Gasteiger charge is 2.23. The van der Waals surface area contributed by atoms with Crippen molar-refractivity contribution in [1.82, 2.24) is 15.3 Å². The fraction of sp³-hybridized carbons (Fsp3) is 0.500. The molecule has 0 amide bonds. The summed E-state index contributed by atoms with van der Waals surface area (Å²) in [6, 6.07) is 10.9. The van der Waals surface area contributed by atoms with E-state index >= 15 is 0 Å². The lowest BCUT2D eigenvalue weighted by Crippen LogP contribution is -2.19. The normalized spacial score (nSPS) is 18.0. The number of nitrogens with zero attached hydrogens (tertiary/aromatic N) is 1. The van der Waals surface area contributed by atoms with Crippen molar-refractivity contribution in [2.75, 3.05) is 6.54 Å². The third-order valence-corrected chi connectivity index (χ3v) is 4.21. The number of aromatic amines is 1. The van der Waals surface area contributed by atoms with Crippen molar-refractivity contribution in [2.24, 2.45) is 5.92 Å². The number of imidazole rings is 1. The van der Waals surface area contributed by atoms with Gasteiger partial charge in [0.25, 0.3) is 0 Å². The number of aromatic nitrogens is 2. The van der Waals surface area contributed by atoms with Crippen LogP contribution in [0.25, 0.3) is 0 Å². The average Bonchev–Trinajstić information content (AvgIpc) is 2.89. The summed E-state index contributed by atoms with van der Waals surface area (Å²) in [7, 11) is 0. The molecule has 1 aromatic carbocycles. The zero-order valence-corrected chi connectivity index (χ0v) is 13.0. The quantitative estimate of drug-likeness (QED) is 0.882. The van der Waals surface area contributed by atoms with Crippen LogP contribution in [0.3, 0.4) is 0 Å². The number of nitrogens with one attached hydrogen (secondary N) is 2. The minimum Gasteiger partial charge on any atom is -0.345 e. The standard InChI is InChI=1S/C18H25N3/c1-13(2)11-19-12-18-20-16-9-8-15(10-17(16)21-18)14-6-4-3-5-7-14/h3-7,13,15,19H,8-12H2,1-2H3,(H,20,21). The Hall–Kier alpha value is -1.61. The molecule has 21 heavy (non-hydrogen) atoms. The molecule has 0 saturated carbocycles. The monoisotopic (exact) mass is 283 g/mol. The van der Waals surface area contributed by atoms with Crippen LogP contribution in [-0.2, 0) is 19.4 Å². The number of hydrogen-bond acceptors (Lipinski definition) is 2. The van der Waals surface area contributed by atoms with Crippen molar-refractivity contribution < 1.29 is 0 Å². The minimum absolute atomic E-state index is 0.635. The molecule has 0 bridgehead atoms. The van der Waals surface area contributed by atoms with E-state index < -0.39 is 0 Å². The van der Waals surface area contributed by atoms with Crippen molar-refractivity contribution in [3.8, 4) is 0 Å². The number of fused-ring (bicyclic) bond motifs is 1. The van der Waals surface area contributed by atoms with Gasteiger partial charge in [-0.25, -0.2) is 4.98 Å². The molecule has 1 aliphatic rings. The molecule has 1 heterocycles. The second-order valence-electron chi connectivity index (χ2n) is 6.48. The van der Waals surface area contributed by atoms with E-state index in [0.717, 1.165) is 31.8 Å². The summed E-state index contributed by atoms with van der Waals surface area (Å²) in [5.41, 5.74) is 4.08. The topological polar surface area (TPSA) is 40.7 Å². The minimum atomic E-state index is 0.635. The molecule has 3 rings (SSSR count). The number of rotatable bonds is 5. The molecular weight excluding hydrogens is 258 g/mol. The highest BCUT2D eigenvalue weighted by atomic mass is 15.0. The second-order valence-corrected chi connectivity index (χ2v) is 6.48. The van der Waals surface area contributed by atoms with Gasteiger partial charge >= 0.3 is 0 Å². The summed E-state index contributed by atoms with van der Waals surface area (Å²) in [4.78, 5) is 8.29. The van der Waals surface area contributed by atoms with E-state index in [9.17, 15) is 0 Å². The van der Waals surface area contributed by atoms with Gasteiger partial charge in [-0.2, -0.15) is 0 Å². The largest absolute Gasteiger partial charge is 0.345 e. The number of aryl methyl sites for hydroxylation is 1. The van der Waals surface area contributed by atoms with Crippen LogP contribution >= 0.6 is 0 Å². The predicted octanol–water partition coefficient (Wildman–Crippen LogP) is 3.43. The van der Waals surface area contributed by atoms with Gasteiger partial charge in [0.15, 0.2) is 0 Å². The maximum atomic E-state index is 4.76. The Morgan fingerprint density at radius 3 is 2.86 bits per heavy atom. The molecule has 0 aliphatic heterocycles. The molecular formula is C18H25N3. The summed E-state index contributed by atoms with van der Waals surface area (Å²) in [6.07, 6.45) is 3.40. The van der Waals surface area contributed by atoms with Crippen LogP contribution in [-0.4, -0.2) is 16.5 Å². The summed E-state index contributed by atoms with van der Waals surface area (Å²) < 4.78 is 0. The van der Waals surface area contributed by atoms with E-state index in [1.54, 1.807) is 0 Å². The average molecular weight is 283 g/mol. The maximum absolute atomic E-state index is 4.76. The molecule has 1 atom stereocenters. The van der Waals surface area contributed by atoms with Crippen LogP contribution < -0.4 is 5.32 Å². The molecule has 1 unspecified atom stereocenters. The van der Waals surface area contributed by atoms with E-state index in [4.69, 9.17) is 4.98 Å². The Morgan fingerprint density at radius 1 is 1.29 bits per heavy atom. The molecule has 0 radical (unpaired) electrons. The first-order chi connectivity index (χ1) is 10.2. The Kier molecular flexibility index (Phi) is 4.39. The summed E-state index contributed by atoms with van der Waals surface area (Å²) >= 11 is 0. The third kappa shape index (κ3) is 3.53. The van der Waals surface area contributed by atoms with Crippen LogP contribution in [0.15, 0.2) is 30.3 Å². The summed E-state index contributed by atoms with van der Waals surface area (Å²) in [5.74, 6) is 2.40. The Balaban J connectivity index is 1.65. The van der Waals surface area contributed by atoms with Gasteiger partial charge < -0.3 is 10.3 Å². The maximum Gasteiger partial charge on any atom is 0.120 e. The highest BCUT2D eigenvalue weighted by molar-refractivity contribution is 5.27. The molecule has 3 nitrogen and oxygen atoms in total. The van der Waals surface area contributed by atoms with Gasteiger partial charge in [0.05, 0.1) is 12.2 Å². The van der Waals surface area contributed by atoms with Gasteiger partial charge in [0.2, 0.25) is 0 Å². The first-order valence-electron chi connectivity index (χ1n) is 8.04. The molecule has 0 saturated heterocycles. The molecule has 1 aromatic heterocycles. The van der Waals surface area contributed by atoms with Crippen molar-refractivity contribution in [3.63, 3.8) is 0 Å². The van der Waals surface area contributed by atoms with Gasteiger partial charge in [0.1, 0.15) is 5.82 Å². The summed E-state index contributed by atoms with van der Waals surface area (Å²) in [6.45, 7) is 6.34. The molecule has 2 aromatic rings. The van der Waals surface area contributed by atoms with Gasteiger partial charge in [0, 0.05) is 5.69 Å². The van der Waals surface area contributed by atoms with Crippen LogP contribution in [0.5, 0.6) is 0 Å². The highest BCUT2D eigenvalue weighted by Crippen LogP contribution is 2.31.